The van der Waals surface area contributed by atoms with E-state index in [1.807, 2.05) is 19.1 Å². The third-order valence-electron chi connectivity index (χ3n) is 10.8. The lowest BCUT2D eigenvalue weighted by molar-refractivity contribution is -0.120. The fourth-order valence-corrected chi connectivity index (χ4v) is 7.99. The number of nitrogens with one attached hydrogen (secondary N) is 2. The molecule has 5 aliphatic rings. The summed E-state index contributed by atoms with van der Waals surface area (Å²) >= 11 is 0. The molecular formula is C35H50N8O3. The standard InChI is InChI=1S/C35H50N8O3/c1-5-29-34(45)40(4)30-20-36-35(39-32(30)43(29)22(2)3)38-28-13-12-27(26-14-19-46-31(26)28)33(44)37-24-8-10-25(11-9-24)42-17-15-41(16-18-42)21-23-6-7-23/h12-13,20,22-25,29H,5-11,14-19,21H2,1-4H3,(H,37,44)(H,36,38,39)/t24-,25-,29-/m0/s1. The molecule has 4 heterocycles. The summed E-state index contributed by atoms with van der Waals surface area (Å²) in [5, 5.41) is 6.71. The molecule has 0 spiro atoms. The second-order valence-corrected chi connectivity index (χ2v) is 14.2. The van der Waals surface area contributed by atoms with Gasteiger partial charge in [-0.15, -0.1) is 0 Å². The van der Waals surface area contributed by atoms with Crippen LogP contribution >= 0.6 is 0 Å². The van der Waals surface area contributed by atoms with Crippen LogP contribution < -0.4 is 25.2 Å². The zero-order chi connectivity index (χ0) is 31.9. The minimum atomic E-state index is -0.270. The fourth-order valence-electron chi connectivity index (χ4n) is 7.99. The lowest BCUT2D eigenvalue weighted by Crippen LogP contribution is -2.54. The maximum atomic E-state index is 13.6. The van der Waals surface area contributed by atoms with Gasteiger partial charge in [0.25, 0.3) is 5.91 Å². The summed E-state index contributed by atoms with van der Waals surface area (Å²) in [5.41, 5.74) is 3.06. The largest absolute Gasteiger partial charge is 0.491 e. The Morgan fingerprint density at radius 2 is 1.83 bits per heavy atom. The predicted molar refractivity (Wildman–Crippen MR) is 180 cm³/mol. The van der Waals surface area contributed by atoms with Gasteiger partial charge in [-0.2, -0.15) is 4.98 Å². The molecule has 2 aliphatic carbocycles. The first-order chi connectivity index (χ1) is 22.3. The molecule has 2 amide bonds. The molecule has 46 heavy (non-hydrogen) atoms. The Morgan fingerprint density at radius 3 is 2.52 bits per heavy atom. The number of carbonyl (C=O) groups is 2. The van der Waals surface area contributed by atoms with E-state index in [0.29, 0.717) is 48.4 Å². The first-order valence-electron chi connectivity index (χ1n) is 17.6. The van der Waals surface area contributed by atoms with Crippen molar-refractivity contribution in [3.8, 4) is 5.75 Å². The molecule has 2 saturated carbocycles. The fraction of sp³-hybridized carbons (Fsp3) is 0.657. The highest BCUT2D eigenvalue weighted by Crippen LogP contribution is 2.40. The van der Waals surface area contributed by atoms with Gasteiger partial charge in [0, 0.05) is 75.4 Å². The van der Waals surface area contributed by atoms with Crippen molar-refractivity contribution in [1.29, 1.82) is 0 Å². The molecule has 2 aromatic rings. The lowest BCUT2D eigenvalue weighted by atomic mass is 9.89. The molecule has 3 fully saturated rings. The number of likely N-dealkylation sites (N-methyl/N-ethyl adjacent to an activating group) is 1. The molecule has 1 saturated heterocycles. The van der Waals surface area contributed by atoms with E-state index in [4.69, 9.17) is 9.72 Å². The number of piperazine rings is 1. The average Bonchev–Trinajstić information content (AvgIpc) is 3.73. The molecule has 1 atom stereocenters. The van der Waals surface area contributed by atoms with Crippen LogP contribution in [0, 0.1) is 5.92 Å². The van der Waals surface area contributed by atoms with Crippen LogP contribution in [0.5, 0.6) is 5.75 Å². The van der Waals surface area contributed by atoms with Crippen LogP contribution in [0.15, 0.2) is 18.3 Å². The van der Waals surface area contributed by atoms with Crippen molar-refractivity contribution in [1.82, 2.24) is 25.1 Å². The van der Waals surface area contributed by atoms with Gasteiger partial charge in [-0.3, -0.25) is 14.5 Å². The van der Waals surface area contributed by atoms with Crippen molar-refractivity contribution >= 4 is 35.0 Å². The van der Waals surface area contributed by atoms with E-state index in [-0.39, 0.29) is 29.9 Å². The molecule has 1 aromatic heterocycles. The second-order valence-electron chi connectivity index (χ2n) is 14.2. The number of fused-ring (bicyclic) bond motifs is 2. The Hall–Kier alpha value is -3.44. The lowest BCUT2D eigenvalue weighted by Gasteiger charge is -2.42. The number of benzene rings is 1. The van der Waals surface area contributed by atoms with Crippen molar-refractivity contribution < 1.29 is 14.3 Å². The maximum Gasteiger partial charge on any atom is 0.251 e. The first-order valence-corrected chi connectivity index (χ1v) is 17.6. The monoisotopic (exact) mass is 630 g/mol. The van der Waals surface area contributed by atoms with Crippen LogP contribution in [0.25, 0.3) is 0 Å². The molecule has 11 nitrogen and oxygen atoms in total. The van der Waals surface area contributed by atoms with Crippen LogP contribution in [0.3, 0.4) is 0 Å². The van der Waals surface area contributed by atoms with E-state index in [9.17, 15) is 9.59 Å². The zero-order valence-electron chi connectivity index (χ0n) is 27.9. The molecular weight excluding hydrogens is 580 g/mol. The third kappa shape index (κ3) is 6.15. The quantitative estimate of drug-likeness (QED) is 0.422. The Balaban J connectivity index is 0.991. The second kappa shape index (κ2) is 13.0. The number of nitrogens with zero attached hydrogens (tertiary/aromatic N) is 6. The minimum Gasteiger partial charge on any atom is -0.491 e. The van der Waals surface area contributed by atoms with Crippen molar-refractivity contribution in [2.75, 3.05) is 61.5 Å². The van der Waals surface area contributed by atoms with Gasteiger partial charge in [0.05, 0.1) is 18.5 Å². The van der Waals surface area contributed by atoms with Crippen molar-refractivity contribution in [3.05, 3.63) is 29.5 Å². The molecule has 2 N–H and O–H groups in total. The van der Waals surface area contributed by atoms with E-state index >= 15 is 0 Å². The highest BCUT2D eigenvalue weighted by Gasteiger charge is 2.38. The number of aromatic nitrogens is 2. The van der Waals surface area contributed by atoms with Crippen molar-refractivity contribution in [3.63, 3.8) is 0 Å². The molecule has 3 aliphatic heterocycles. The van der Waals surface area contributed by atoms with E-state index in [1.54, 1.807) is 18.1 Å². The van der Waals surface area contributed by atoms with E-state index in [1.165, 1.54) is 45.6 Å². The van der Waals surface area contributed by atoms with Crippen LogP contribution in [-0.4, -0.2) is 102 Å². The van der Waals surface area contributed by atoms with Crippen molar-refractivity contribution in [2.24, 2.45) is 5.92 Å². The summed E-state index contributed by atoms with van der Waals surface area (Å²) in [4.78, 5) is 45.1. The first kappa shape index (κ1) is 31.2. The summed E-state index contributed by atoms with van der Waals surface area (Å²) in [7, 11) is 1.78. The Kier molecular flexibility index (Phi) is 8.80. The third-order valence-corrected chi connectivity index (χ3v) is 10.8. The van der Waals surface area contributed by atoms with E-state index in [0.717, 1.165) is 48.7 Å². The summed E-state index contributed by atoms with van der Waals surface area (Å²) in [6, 6.07) is 4.47. The summed E-state index contributed by atoms with van der Waals surface area (Å²) < 4.78 is 6.06. The Bertz CT molecular complexity index is 1450. The topological polar surface area (TPSA) is 106 Å². The van der Waals surface area contributed by atoms with Crippen molar-refractivity contribution in [2.45, 2.75) is 96.3 Å². The zero-order valence-corrected chi connectivity index (χ0v) is 27.9. The molecule has 7 rings (SSSR count). The number of anilines is 4. The van der Waals surface area contributed by atoms with Gasteiger partial charge in [-0.25, -0.2) is 4.98 Å². The molecule has 248 valence electrons. The van der Waals surface area contributed by atoms with Gasteiger partial charge < -0.3 is 30.1 Å². The molecule has 0 radical (unpaired) electrons. The van der Waals surface area contributed by atoms with Crippen LogP contribution in [0.2, 0.25) is 0 Å². The molecule has 0 unspecified atom stereocenters. The van der Waals surface area contributed by atoms with Gasteiger partial charge in [0.2, 0.25) is 11.9 Å². The minimum absolute atomic E-state index is 0.0126. The number of amides is 2. The van der Waals surface area contributed by atoms with Crippen LogP contribution in [0.4, 0.5) is 23.1 Å². The van der Waals surface area contributed by atoms with Gasteiger partial charge in [0.1, 0.15) is 17.5 Å². The molecule has 11 heteroatoms. The van der Waals surface area contributed by atoms with E-state index in [2.05, 4.69) is 44.2 Å². The number of carbonyl (C=O) groups excluding carboxylic acids is 2. The Labute approximate surface area is 273 Å². The summed E-state index contributed by atoms with van der Waals surface area (Å²) in [5.74, 6) is 2.87. The average molecular weight is 631 g/mol. The van der Waals surface area contributed by atoms with Gasteiger partial charge >= 0.3 is 0 Å². The number of ether oxygens (including phenoxy) is 1. The van der Waals surface area contributed by atoms with Crippen LogP contribution in [-0.2, 0) is 11.2 Å². The van der Waals surface area contributed by atoms with Gasteiger partial charge in [-0.05, 0) is 76.8 Å². The molecule has 1 aromatic carbocycles. The number of hydrogen-bond donors (Lipinski definition) is 2. The number of rotatable bonds is 9. The highest BCUT2D eigenvalue weighted by molar-refractivity contribution is 6.04. The number of hydrogen-bond acceptors (Lipinski definition) is 9. The SMILES string of the molecule is CC[C@H]1C(=O)N(C)c2cnc(Nc3ccc(C(=O)N[C@H]4CC[C@H](N5CCN(CC6CC6)CC5)CC4)c4c3OCC4)nc2N1C(C)C. The van der Waals surface area contributed by atoms with Crippen LogP contribution in [0.1, 0.15) is 81.6 Å². The predicted octanol–water partition coefficient (Wildman–Crippen LogP) is 4.19. The summed E-state index contributed by atoms with van der Waals surface area (Å²) in [6.45, 7) is 12.8. The Morgan fingerprint density at radius 1 is 1.07 bits per heavy atom. The summed E-state index contributed by atoms with van der Waals surface area (Å²) in [6.07, 6.45) is 10.3. The van der Waals surface area contributed by atoms with Gasteiger partial charge in [0.15, 0.2) is 5.82 Å². The van der Waals surface area contributed by atoms with Gasteiger partial charge in [-0.1, -0.05) is 6.92 Å². The molecule has 0 bridgehead atoms. The maximum absolute atomic E-state index is 13.6. The normalized spacial score (nSPS) is 25.3. The smallest absolute Gasteiger partial charge is 0.251 e. The van der Waals surface area contributed by atoms with E-state index < -0.39 is 0 Å². The highest BCUT2D eigenvalue weighted by atomic mass is 16.5.